The molecule has 1 unspecified atom stereocenters. The van der Waals surface area contributed by atoms with Crippen LogP contribution in [0.4, 0.5) is 0 Å². The second kappa shape index (κ2) is 9.80. The van der Waals surface area contributed by atoms with Gasteiger partial charge in [0.15, 0.2) is 0 Å². The summed E-state index contributed by atoms with van der Waals surface area (Å²) in [4.78, 5) is 17.6. The molecule has 0 spiro atoms. The summed E-state index contributed by atoms with van der Waals surface area (Å²) in [6.45, 7) is 2.77. The lowest BCUT2D eigenvalue weighted by molar-refractivity contribution is -0.132. The monoisotopic (exact) mass is 399 g/mol. The zero-order valence-electron chi connectivity index (χ0n) is 15.1. The minimum Gasteiger partial charge on any atom is -0.340 e. The molecule has 0 bridgehead atoms. The quantitative estimate of drug-likeness (QED) is 0.682. The predicted molar refractivity (Wildman–Crippen MR) is 110 cm³/mol. The van der Waals surface area contributed by atoms with Crippen molar-refractivity contribution in [1.82, 2.24) is 9.80 Å². The second-order valence-electron chi connectivity index (χ2n) is 6.39. The van der Waals surface area contributed by atoms with Crippen molar-refractivity contribution in [2.75, 3.05) is 31.9 Å². The molecule has 2 aromatic carbocycles. The van der Waals surface area contributed by atoms with Gasteiger partial charge in [-0.15, -0.1) is 11.8 Å². The maximum atomic E-state index is 12.5. The number of carbonyl (C=O) groups is 1. The summed E-state index contributed by atoms with van der Waals surface area (Å²) in [6, 6.07) is 19.7. The Hall–Kier alpha value is -2.00. The van der Waals surface area contributed by atoms with Crippen LogP contribution >= 0.6 is 23.4 Å². The van der Waals surface area contributed by atoms with Gasteiger partial charge < -0.3 is 4.90 Å². The van der Waals surface area contributed by atoms with Crippen LogP contribution in [0.15, 0.2) is 59.5 Å². The zero-order chi connectivity index (χ0) is 19.1. The highest BCUT2D eigenvalue weighted by atomic mass is 35.5. The summed E-state index contributed by atoms with van der Waals surface area (Å²) in [5.41, 5.74) is 1.01. The van der Waals surface area contributed by atoms with Crippen LogP contribution in [0.3, 0.4) is 0 Å². The van der Waals surface area contributed by atoms with Crippen molar-refractivity contribution in [2.24, 2.45) is 0 Å². The van der Waals surface area contributed by atoms with Gasteiger partial charge in [0.05, 0.1) is 11.1 Å². The number of carbonyl (C=O) groups excluding carboxylic acids is 1. The summed E-state index contributed by atoms with van der Waals surface area (Å²) in [5.74, 6) is 0.885. The maximum Gasteiger partial charge on any atom is 0.223 e. The van der Waals surface area contributed by atoms with Gasteiger partial charge >= 0.3 is 0 Å². The van der Waals surface area contributed by atoms with E-state index in [4.69, 9.17) is 11.6 Å². The van der Waals surface area contributed by atoms with Gasteiger partial charge in [-0.3, -0.25) is 9.69 Å². The number of nitriles is 1. The molecule has 3 rings (SSSR count). The van der Waals surface area contributed by atoms with E-state index >= 15 is 0 Å². The van der Waals surface area contributed by atoms with Crippen LogP contribution in [-0.4, -0.2) is 47.6 Å². The van der Waals surface area contributed by atoms with E-state index in [-0.39, 0.29) is 11.9 Å². The lowest BCUT2D eigenvalue weighted by Gasteiger charge is -2.37. The molecule has 0 aromatic heterocycles. The van der Waals surface area contributed by atoms with Gasteiger partial charge in [0.1, 0.15) is 6.04 Å². The zero-order valence-corrected chi connectivity index (χ0v) is 16.6. The number of rotatable bonds is 6. The summed E-state index contributed by atoms with van der Waals surface area (Å²) < 4.78 is 0. The number of halogens is 1. The minimum atomic E-state index is -0.251. The molecule has 6 heteroatoms. The van der Waals surface area contributed by atoms with Gasteiger partial charge in [-0.05, 0) is 17.7 Å². The highest BCUT2D eigenvalue weighted by Gasteiger charge is 2.26. The first-order valence-corrected chi connectivity index (χ1v) is 10.4. The van der Waals surface area contributed by atoms with Crippen molar-refractivity contribution in [3.05, 3.63) is 65.2 Å². The van der Waals surface area contributed by atoms with E-state index in [1.54, 1.807) is 11.8 Å². The van der Waals surface area contributed by atoms with Crippen LogP contribution in [0.1, 0.15) is 18.0 Å². The molecule has 1 fully saturated rings. The van der Waals surface area contributed by atoms with Crippen molar-refractivity contribution in [1.29, 1.82) is 5.26 Å². The van der Waals surface area contributed by atoms with Crippen molar-refractivity contribution < 1.29 is 4.79 Å². The van der Waals surface area contributed by atoms with E-state index in [1.807, 2.05) is 59.5 Å². The minimum absolute atomic E-state index is 0.169. The van der Waals surface area contributed by atoms with Crippen molar-refractivity contribution in [2.45, 2.75) is 17.4 Å². The number of amides is 1. The largest absolute Gasteiger partial charge is 0.340 e. The first-order chi connectivity index (χ1) is 13.2. The molecule has 140 valence electrons. The number of hydrogen-bond donors (Lipinski definition) is 0. The molecule has 0 aliphatic carbocycles. The van der Waals surface area contributed by atoms with E-state index in [2.05, 4.69) is 11.0 Å². The summed E-state index contributed by atoms with van der Waals surface area (Å²) in [7, 11) is 0. The van der Waals surface area contributed by atoms with Crippen LogP contribution in [0.25, 0.3) is 0 Å². The second-order valence-corrected chi connectivity index (χ2v) is 7.93. The fourth-order valence-corrected chi connectivity index (χ4v) is 4.38. The van der Waals surface area contributed by atoms with Crippen LogP contribution in [0.2, 0.25) is 5.02 Å². The molecule has 1 heterocycles. The predicted octanol–water partition coefficient (Wildman–Crippen LogP) is 4.23. The molecule has 1 amide bonds. The molecule has 0 radical (unpaired) electrons. The van der Waals surface area contributed by atoms with Crippen LogP contribution < -0.4 is 0 Å². The van der Waals surface area contributed by atoms with Crippen LogP contribution in [-0.2, 0) is 4.79 Å². The van der Waals surface area contributed by atoms with E-state index in [0.29, 0.717) is 25.3 Å². The Balaban J connectivity index is 1.46. The van der Waals surface area contributed by atoms with Gasteiger partial charge in [-0.25, -0.2) is 0 Å². The van der Waals surface area contributed by atoms with E-state index < -0.39 is 0 Å². The normalized spacial score (nSPS) is 15.9. The van der Waals surface area contributed by atoms with Gasteiger partial charge in [0, 0.05) is 43.2 Å². The summed E-state index contributed by atoms with van der Waals surface area (Å²) in [5, 5.41) is 10.3. The fraction of sp³-hybridized carbons (Fsp3) is 0.333. The standard InChI is InChI=1S/C21H22ClN3OS/c22-18-8-4-5-9-20(18)27-15-10-21(26)25-13-11-24(12-14-25)19(16-23)17-6-2-1-3-7-17/h1-9,19H,10-15H2. The number of thioether (sulfide) groups is 1. The lowest BCUT2D eigenvalue weighted by atomic mass is 10.1. The average Bonchev–Trinajstić information content (AvgIpc) is 2.71. The van der Waals surface area contributed by atoms with Crippen LogP contribution in [0.5, 0.6) is 0 Å². The number of nitrogens with zero attached hydrogens (tertiary/aromatic N) is 3. The first kappa shape index (κ1) is 19.8. The van der Waals surface area contributed by atoms with Crippen molar-refractivity contribution >= 4 is 29.3 Å². The molecule has 1 atom stereocenters. The molecule has 4 nitrogen and oxygen atoms in total. The Morgan fingerprint density at radius 1 is 1.07 bits per heavy atom. The third-order valence-electron chi connectivity index (χ3n) is 4.68. The van der Waals surface area contributed by atoms with Gasteiger partial charge in [-0.1, -0.05) is 54.1 Å². The third-order valence-corrected chi connectivity index (χ3v) is 6.20. The fourth-order valence-electron chi connectivity index (χ4n) is 3.20. The topological polar surface area (TPSA) is 47.3 Å². The molecule has 27 heavy (non-hydrogen) atoms. The Bertz CT molecular complexity index is 801. The van der Waals surface area contributed by atoms with Crippen molar-refractivity contribution in [3.63, 3.8) is 0 Å². The number of piperazine rings is 1. The summed E-state index contributed by atoms with van der Waals surface area (Å²) in [6.07, 6.45) is 0.496. The Morgan fingerprint density at radius 2 is 1.74 bits per heavy atom. The maximum absolute atomic E-state index is 12.5. The molecule has 1 aliphatic heterocycles. The Kier molecular flexibility index (Phi) is 7.17. The molecular weight excluding hydrogens is 378 g/mol. The van der Waals surface area contributed by atoms with Crippen molar-refractivity contribution in [3.8, 4) is 6.07 Å². The van der Waals surface area contributed by atoms with Gasteiger partial charge in [0.2, 0.25) is 5.91 Å². The highest BCUT2D eigenvalue weighted by Crippen LogP contribution is 2.27. The molecule has 2 aromatic rings. The van der Waals surface area contributed by atoms with E-state index in [1.165, 1.54) is 0 Å². The number of benzene rings is 2. The van der Waals surface area contributed by atoms with Crippen LogP contribution in [0, 0.1) is 11.3 Å². The Labute approximate surface area is 169 Å². The van der Waals surface area contributed by atoms with E-state index in [0.717, 1.165) is 28.6 Å². The Morgan fingerprint density at radius 3 is 2.41 bits per heavy atom. The summed E-state index contributed by atoms with van der Waals surface area (Å²) >= 11 is 7.76. The SMILES string of the molecule is N#CC(c1ccccc1)N1CCN(C(=O)CCSc2ccccc2Cl)CC1. The molecule has 0 N–H and O–H groups in total. The molecule has 1 aliphatic rings. The first-order valence-electron chi connectivity index (χ1n) is 9.03. The molecule has 0 saturated carbocycles. The lowest BCUT2D eigenvalue weighted by Crippen LogP contribution is -2.49. The van der Waals surface area contributed by atoms with Gasteiger partial charge in [0.25, 0.3) is 0 Å². The van der Waals surface area contributed by atoms with Gasteiger partial charge in [-0.2, -0.15) is 5.26 Å². The molecular formula is C21H22ClN3OS. The molecule has 1 saturated heterocycles. The number of hydrogen-bond acceptors (Lipinski definition) is 4. The average molecular weight is 400 g/mol. The third kappa shape index (κ3) is 5.26. The smallest absolute Gasteiger partial charge is 0.223 e. The van der Waals surface area contributed by atoms with E-state index in [9.17, 15) is 10.1 Å². The highest BCUT2D eigenvalue weighted by molar-refractivity contribution is 7.99.